The average molecular weight is 463 g/mol. The van der Waals surface area contributed by atoms with Gasteiger partial charge in [0.1, 0.15) is 0 Å². The highest BCUT2D eigenvalue weighted by atomic mass is 79.9. The molecule has 1 atom stereocenters. The zero-order valence-corrected chi connectivity index (χ0v) is 18.3. The van der Waals surface area contributed by atoms with Crippen molar-refractivity contribution >= 4 is 39.0 Å². The first-order chi connectivity index (χ1) is 13.5. The van der Waals surface area contributed by atoms with Gasteiger partial charge in [0.25, 0.3) is 0 Å². The fourth-order valence-corrected chi connectivity index (χ4v) is 4.64. The molecule has 148 valence electrons. The van der Waals surface area contributed by atoms with E-state index < -0.39 is 17.7 Å². The molecule has 0 fully saturated rings. The highest BCUT2D eigenvalue weighted by Gasteiger charge is 2.40. The van der Waals surface area contributed by atoms with Crippen LogP contribution in [0.15, 0.2) is 57.6 Å². The summed E-state index contributed by atoms with van der Waals surface area (Å²) in [6.07, 6.45) is 0. The number of nitrogens with zero attached hydrogens (tertiary/aromatic N) is 1. The van der Waals surface area contributed by atoms with Gasteiger partial charge in [-0.25, -0.2) is 0 Å². The van der Waals surface area contributed by atoms with Crippen LogP contribution >= 0.6 is 27.3 Å². The summed E-state index contributed by atoms with van der Waals surface area (Å²) < 4.78 is 0.842. The summed E-state index contributed by atoms with van der Waals surface area (Å²) in [4.78, 5) is 29.3. The van der Waals surface area contributed by atoms with Gasteiger partial charge in [-0.3, -0.25) is 9.59 Å². The smallest absolute Gasteiger partial charge is 0.240 e. The quantitative estimate of drug-likeness (QED) is 0.608. The van der Waals surface area contributed by atoms with Crippen molar-refractivity contribution in [1.82, 2.24) is 4.90 Å². The van der Waals surface area contributed by atoms with Crippen molar-refractivity contribution in [2.24, 2.45) is 0 Å². The predicted molar refractivity (Wildman–Crippen MR) is 111 cm³/mol. The number of carbonyl (C=O) groups is 2. The van der Waals surface area contributed by atoms with Crippen molar-refractivity contribution < 1.29 is 19.6 Å². The third-order valence-corrected chi connectivity index (χ3v) is 6.51. The molecule has 1 amide bonds. The largest absolute Gasteiger partial charge is 0.868 e. The number of thiophene rings is 1. The van der Waals surface area contributed by atoms with E-state index in [2.05, 4.69) is 29.8 Å². The maximum absolute atomic E-state index is 13.1. The number of hydrogen-bond acceptors (Lipinski definition) is 4. The Morgan fingerprint density at radius 3 is 2.61 bits per heavy atom. The molecule has 3 rings (SSSR count). The first-order valence-corrected chi connectivity index (χ1v) is 11.0. The predicted octanol–water partition coefficient (Wildman–Crippen LogP) is 1.82. The van der Waals surface area contributed by atoms with E-state index >= 15 is 0 Å². The summed E-state index contributed by atoms with van der Waals surface area (Å²) in [5.41, 5.74) is 0.822. The molecular weight excluding hydrogens is 440 g/mol. The number of quaternary nitrogens is 1. The Labute approximate surface area is 177 Å². The first-order valence-electron chi connectivity index (χ1n) is 9.37. The number of benzene rings is 1. The minimum Gasteiger partial charge on any atom is -0.868 e. The van der Waals surface area contributed by atoms with Gasteiger partial charge in [0.05, 0.1) is 37.1 Å². The van der Waals surface area contributed by atoms with Gasteiger partial charge in [-0.15, -0.1) is 11.3 Å². The molecule has 0 saturated carbocycles. The second-order valence-corrected chi connectivity index (χ2v) is 8.58. The van der Waals surface area contributed by atoms with Gasteiger partial charge in [0.15, 0.2) is 0 Å². The SMILES string of the molecule is CC[NH+](CC)CCN1C(=O)C([O-])=C(C(=O)c2cccs2)C1c1cccc(Br)c1. The minimum atomic E-state index is -0.682. The molecular formula is C21H23BrN2O3S. The lowest BCUT2D eigenvalue weighted by molar-refractivity contribution is -0.895. The third kappa shape index (κ3) is 4.06. The van der Waals surface area contributed by atoms with E-state index in [4.69, 9.17) is 0 Å². The number of hydrogen-bond donors (Lipinski definition) is 1. The summed E-state index contributed by atoms with van der Waals surface area (Å²) in [5, 5.41) is 14.6. The van der Waals surface area contributed by atoms with Crippen LogP contribution in [-0.2, 0) is 4.79 Å². The molecule has 2 aromatic rings. The second-order valence-electron chi connectivity index (χ2n) is 6.71. The van der Waals surface area contributed by atoms with Crippen molar-refractivity contribution in [2.45, 2.75) is 19.9 Å². The number of Topliss-reactive ketones (excluding diaryl/α,β-unsaturated/α-hetero) is 1. The van der Waals surface area contributed by atoms with Gasteiger partial charge < -0.3 is 14.9 Å². The summed E-state index contributed by atoms with van der Waals surface area (Å²) in [6, 6.07) is 10.3. The lowest BCUT2D eigenvalue weighted by atomic mass is 9.95. The molecule has 1 aromatic heterocycles. The summed E-state index contributed by atoms with van der Waals surface area (Å²) in [7, 11) is 0. The van der Waals surface area contributed by atoms with E-state index in [0.29, 0.717) is 11.4 Å². The van der Waals surface area contributed by atoms with Crippen LogP contribution < -0.4 is 10.0 Å². The highest BCUT2D eigenvalue weighted by molar-refractivity contribution is 9.10. The fourth-order valence-electron chi connectivity index (χ4n) is 3.55. The van der Waals surface area contributed by atoms with Gasteiger partial charge in [-0.1, -0.05) is 34.1 Å². The number of likely N-dealkylation sites (N-methyl/N-ethyl adjacent to an activating group) is 1. The monoisotopic (exact) mass is 462 g/mol. The maximum atomic E-state index is 13.1. The van der Waals surface area contributed by atoms with Crippen molar-refractivity contribution in [3.63, 3.8) is 0 Å². The Morgan fingerprint density at radius 2 is 2.00 bits per heavy atom. The van der Waals surface area contributed by atoms with Gasteiger partial charge in [-0.05, 0) is 48.7 Å². The molecule has 1 aliphatic heterocycles. The van der Waals surface area contributed by atoms with Crippen LogP contribution in [0.4, 0.5) is 0 Å². The maximum Gasteiger partial charge on any atom is 0.240 e. The third-order valence-electron chi connectivity index (χ3n) is 5.15. The molecule has 7 heteroatoms. The molecule has 1 aromatic carbocycles. The molecule has 1 N–H and O–H groups in total. The minimum absolute atomic E-state index is 0.0556. The summed E-state index contributed by atoms with van der Waals surface area (Å²) >= 11 is 4.74. The van der Waals surface area contributed by atoms with E-state index in [1.165, 1.54) is 16.2 Å². The Balaban J connectivity index is 2.01. The normalized spacial score (nSPS) is 17.1. The van der Waals surface area contributed by atoms with Gasteiger partial charge >= 0.3 is 0 Å². The van der Waals surface area contributed by atoms with E-state index in [1.807, 2.05) is 24.3 Å². The van der Waals surface area contributed by atoms with Crippen molar-refractivity contribution in [2.75, 3.05) is 26.2 Å². The lowest BCUT2D eigenvalue weighted by Gasteiger charge is -2.29. The summed E-state index contributed by atoms with van der Waals surface area (Å²) in [6.45, 7) is 7.24. The van der Waals surface area contributed by atoms with Crippen LogP contribution in [0.5, 0.6) is 0 Å². The number of halogens is 1. The van der Waals surface area contributed by atoms with Crippen molar-refractivity contribution in [3.8, 4) is 0 Å². The van der Waals surface area contributed by atoms with E-state index in [9.17, 15) is 14.7 Å². The highest BCUT2D eigenvalue weighted by Crippen LogP contribution is 2.39. The van der Waals surface area contributed by atoms with Crippen LogP contribution in [-0.4, -0.2) is 42.8 Å². The van der Waals surface area contributed by atoms with Gasteiger partial charge in [0, 0.05) is 10.0 Å². The molecule has 0 bridgehead atoms. The van der Waals surface area contributed by atoms with Crippen molar-refractivity contribution in [1.29, 1.82) is 0 Å². The van der Waals surface area contributed by atoms with Crippen LogP contribution in [0.1, 0.15) is 35.1 Å². The van der Waals surface area contributed by atoms with Crippen LogP contribution in [0.2, 0.25) is 0 Å². The summed E-state index contributed by atoms with van der Waals surface area (Å²) in [5.74, 6) is -1.62. The average Bonchev–Trinajstić information content (AvgIpc) is 3.31. The van der Waals surface area contributed by atoms with Crippen molar-refractivity contribution in [3.05, 3.63) is 68.0 Å². The standard InChI is InChI=1S/C21H23BrN2O3S/c1-3-23(4-2)10-11-24-18(14-7-5-8-15(22)13-14)17(20(26)21(24)27)19(25)16-9-6-12-28-16/h5-9,12-13,18,26H,3-4,10-11H2,1-2H3. The first kappa shape index (κ1) is 20.8. The topological polar surface area (TPSA) is 64.9 Å². The molecule has 0 spiro atoms. The van der Waals surface area contributed by atoms with E-state index in [-0.39, 0.29) is 11.4 Å². The fraction of sp³-hybridized carbons (Fsp3) is 0.333. The molecule has 1 unspecified atom stereocenters. The Morgan fingerprint density at radius 1 is 1.25 bits per heavy atom. The number of ketones is 1. The van der Waals surface area contributed by atoms with Gasteiger partial charge in [0.2, 0.25) is 11.7 Å². The van der Waals surface area contributed by atoms with E-state index in [0.717, 1.165) is 29.7 Å². The number of carbonyl (C=O) groups excluding carboxylic acids is 2. The zero-order valence-electron chi connectivity index (χ0n) is 15.9. The molecule has 28 heavy (non-hydrogen) atoms. The number of nitrogens with one attached hydrogen (secondary N) is 1. The molecule has 1 aliphatic rings. The van der Waals surface area contributed by atoms with Gasteiger partial charge in [-0.2, -0.15) is 0 Å². The lowest BCUT2D eigenvalue weighted by Crippen LogP contribution is -3.12. The zero-order chi connectivity index (χ0) is 20.3. The molecule has 5 nitrogen and oxygen atoms in total. The number of amides is 1. The van der Waals surface area contributed by atoms with E-state index in [1.54, 1.807) is 22.4 Å². The Kier molecular flexibility index (Phi) is 6.69. The van der Waals surface area contributed by atoms with Crippen LogP contribution in [0.3, 0.4) is 0 Å². The second kappa shape index (κ2) is 9.03. The molecule has 0 radical (unpaired) electrons. The molecule has 2 heterocycles. The molecule has 0 saturated heterocycles. The molecule has 0 aliphatic carbocycles. The number of rotatable bonds is 8. The van der Waals surface area contributed by atoms with Crippen LogP contribution in [0, 0.1) is 0 Å². The van der Waals surface area contributed by atoms with Crippen LogP contribution in [0.25, 0.3) is 0 Å². The Hall–Kier alpha value is -1.96. The Bertz CT molecular complexity index is 891.